The lowest BCUT2D eigenvalue weighted by molar-refractivity contribution is -0.115. The molecule has 168 valence electrons. The zero-order valence-corrected chi connectivity index (χ0v) is 19.3. The van der Waals surface area contributed by atoms with Crippen LogP contribution in [0.15, 0.2) is 84.3 Å². The first-order valence-corrected chi connectivity index (χ1v) is 11.6. The summed E-state index contributed by atoms with van der Waals surface area (Å²) in [6.07, 6.45) is 3.47. The molecule has 0 aliphatic heterocycles. The summed E-state index contributed by atoms with van der Waals surface area (Å²) < 4.78 is 7.49. The van der Waals surface area contributed by atoms with Crippen molar-refractivity contribution in [1.82, 2.24) is 19.7 Å². The third-order valence-electron chi connectivity index (χ3n) is 4.92. The molecule has 4 rings (SSSR count). The third-order valence-corrected chi connectivity index (χ3v) is 6.00. The summed E-state index contributed by atoms with van der Waals surface area (Å²) in [4.78, 5) is 16.9. The van der Waals surface area contributed by atoms with Crippen molar-refractivity contribution >= 4 is 23.4 Å². The fourth-order valence-corrected chi connectivity index (χ4v) is 4.10. The van der Waals surface area contributed by atoms with E-state index in [0.29, 0.717) is 18.3 Å². The first-order chi connectivity index (χ1) is 16.1. The Kier molecular flexibility index (Phi) is 7.36. The zero-order chi connectivity index (χ0) is 23.0. The van der Waals surface area contributed by atoms with Crippen LogP contribution in [-0.4, -0.2) is 37.5 Å². The monoisotopic (exact) mass is 459 g/mol. The fourth-order valence-electron chi connectivity index (χ4n) is 3.26. The van der Waals surface area contributed by atoms with Crippen molar-refractivity contribution in [2.75, 3.05) is 11.9 Å². The third kappa shape index (κ3) is 5.78. The van der Waals surface area contributed by atoms with Crippen molar-refractivity contribution in [3.63, 3.8) is 0 Å². The molecule has 0 saturated carbocycles. The minimum atomic E-state index is -0.374. The Morgan fingerprint density at radius 2 is 1.76 bits per heavy atom. The van der Waals surface area contributed by atoms with Crippen LogP contribution in [0.2, 0.25) is 0 Å². The molecule has 1 amide bonds. The van der Waals surface area contributed by atoms with Crippen LogP contribution in [0.3, 0.4) is 0 Å². The number of anilines is 1. The number of pyridine rings is 1. The van der Waals surface area contributed by atoms with E-state index in [1.807, 2.05) is 73.0 Å². The number of rotatable bonds is 9. The molecule has 2 aromatic carbocycles. The van der Waals surface area contributed by atoms with Gasteiger partial charge in [-0.2, -0.15) is 0 Å². The molecule has 1 atom stereocenters. The van der Waals surface area contributed by atoms with Gasteiger partial charge in [-0.15, -0.1) is 10.2 Å². The lowest BCUT2D eigenvalue weighted by Gasteiger charge is -2.14. The van der Waals surface area contributed by atoms with Gasteiger partial charge in [-0.3, -0.25) is 14.3 Å². The van der Waals surface area contributed by atoms with Crippen molar-refractivity contribution in [2.24, 2.45) is 0 Å². The topological polar surface area (TPSA) is 81.9 Å². The van der Waals surface area contributed by atoms with E-state index in [1.165, 1.54) is 11.8 Å². The van der Waals surface area contributed by atoms with E-state index < -0.39 is 0 Å². The minimum Gasteiger partial charge on any atom is -0.494 e. The maximum absolute atomic E-state index is 12.8. The van der Waals surface area contributed by atoms with Crippen molar-refractivity contribution in [3.8, 4) is 17.1 Å². The van der Waals surface area contributed by atoms with Crippen LogP contribution in [0.4, 0.5) is 5.69 Å². The van der Waals surface area contributed by atoms with E-state index in [4.69, 9.17) is 4.74 Å². The van der Waals surface area contributed by atoms with Crippen LogP contribution in [0.1, 0.15) is 19.4 Å². The van der Waals surface area contributed by atoms with Crippen LogP contribution in [-0.2, 0) is 11.3 Å². The normalized spacial score (nSPS) is 11.7. The summed E-state index contributed by atoms with van der Waals surface area (Å²) in [5.41, 5.74) is 2.77. The molecule has 0 bridgehead atoms. The Morgan fingerprint density at radius 1 is 1.03 bits per heavy atom. The molecular weight excluding hydrogens is 434 g/mol. The van der Waals surface area contributed by atoms with Crippen LogP contribution in [0, 0.1) is 0 Å². The number of carbonyl (C=O) groups is 1. The van der Waals surface area contributed by atoms with Crippen LogP contribution < -0.4 is 10.1 Å². The van der Waals surface area contributed by atoms with Crippen LogP contribution >= 0.6 is 11.8 Å². The Hall–Kier alpha value is -3.65. The molecule has 2 heterocycles. The molecule has 4 aromatic rings. The highest BCUT2D eigenvalue weighted by atomic mass is 32.2. The van der Waals surface area contributed by atoms with E-state index in [2.05, 4.69) is 32.6 Å². The number of benzene rings is 2. The van der Waals surface area contributed by atoms with E-state index >= 15 is 0 Å². The van der Waals surface area contributed by atoms with E-state index in [0.717, 1.165) is 28.4 Å². The van der Waals surface area contributed by atoms with Crippen LogP contribution in [0.25, 0.3) is 11.4 Å². The van der Waals surface area contributed by atoms with Crippen LogP contribution in [0.5, 0.6) is 5.75 Å². The van der Waals surface area contributed by atoms with Gasteiger partial charge in [0.05, 0.1) is 18.4 Å². The quantitative estimate of drug-likeness (QED) is 0.358. The predicted molar refractivity (Wildman–Crippen MR) is 130 cm³/mol. The van der Waals surface area contributed by atoms with Crippen molar-refractivity contribution in [1.29, 1.82) is 0 Å². The second-order valence-electron chi connectivity index (χ2n) is 7.32. The number of carbonyl (C=O) groups excluding carboxylic acids is 1. The SMILES string of the molecule is CCOc1ccc(NC(=O)C(C)Sc2nnc(-c3ccncc3)n2Cc2ccccc2)cc1. The maximum Gasteiger partial charge on any atom is 0.237 e. The van der Waals surface area contributed by atoms with Crippen molar-refractivity contribution < 1.29 is 9.53 Å². The molecule has 1 unspecified atom stereocenters. The molecule has 0 spiro atoms. The smallest absolute Gasteiger partial charge is 0.237 e. The molecule has 2 aromatic heterocycles. The highest BCUT2D eigenvalue weighted by molar-refractivity contribution is 8.00. The van der Waals surface area contributed by atoms with Gasteiger partial charge < -0.3 is 10.1 Å². The largest absolute Gasteiger partial charge is 0.494 e. The number of hydrogen-bond donors (Lipinski definition) is 1. The number of nitrogens with zero attached hydrogens (tertiary/aromatic N) is 4. The van der Waals surface area contributed by atoms with Gasteiger partial charge in [0.15, 0.2) is 11.0 Å². The number of ether oxygens (including phenoxy) is 1. The summed E-state index contributed by atoms with van der Waals surface area (Å²) in [5, 5.41) is 12.1. The van der Waals surface area contributed by atoms with Gasteiger partial charge in [0, 0.05) is 23.6 Å². The molecule has 33 heavy (non-hydrogen) atoms. The second-order valence-corrected chi connectivity index (χ2v) is 8.63. The van der Waals surface area contributed by atoms with E-state index in [-0.39, 0.29) is 11.2 Å². The highest BCUT2D eigenvalue weighted by Crippen LogP contribution is 2.28. The average molecular weight is 460 g/mol. The lowest BCUT2D eigenvalue weighted by Crippen LogP contribution is -2.23. The Morgan fingerprint density at radius 3 is 2.45 bits per heavy atom. The average Bonchev–Trinajstić information content (AvgIpc) is 3.23. The Bertz CT molecular complexity index is 1180. The summed E-state index contributed by atoms with van der Waals surface area (Å²) in [6, 6.07) is 21.3. The summed E-state index contributed by atoms with van der Waals surface area (Å²) in [7, 11) is 0. The predicted octanol–water partition coefficient (Wildman–Crippen LogP) is 4.91. The summed E-state index contributed by atoms with van der Waals surface area (Å²) in [5.74, 6) is 1.40. The minimum absolute atomic E-state index is 0.108. The maximum atomic E-state index is 12.8. The molecule has 0 fully saturated rings. The van der Waals surface area contributed by atoms with E-state index in [9.17, 15) is 4.79 Å². The molecule has 0 aliphatic rings. The highest BCUT2D eigenvalue weighted by Gasteiger charge is 2.21. The van der Waals surface area contributed by atoms with Gasteiger partial charge in [-0.25, -0.2) is 0 Å². The summed E-state index contributed by atoms with van der Waals surface area (Å²) in [6.45, 7) is 5.00. The number of hydrogen-bond acceptors (Lipinski definition) is 6. The number of amides is 1. The van der Waals surface area contributed by atoms with Gasteiger partial charge in [0.25, 0.3) is 0 Å². The van der Waals surface area contributed by atoms with E-state index in [1.54, 1.807) is 12.4 Å². The molecular formula is C25H25N5O2S. The molecule has 0 radical (unpaired) electrons. The standard InChI is InChI=1S/C25H25N5O2S/c1-3-32-22-11-9-21(10-12-22)27-24(31)18(2)33-25-29-28-23(20-13-15-26-16-14-20)30(25)17-19-7-5-4-6-8-19/h4-16,18H,3,17H2,1-2H3,(H,27,31). The first kappa shape index (κ1) is 22.5. The lowest BCUT2D eigenvalue weighted by atomic mass is 10.2. The molecule has 0 saturated heterocycles. The summed E-state index contributed by atoms with van der Waals surface area (Å²) >= 11 is 1.38. The van der Waals surface area contributed by atoms with Crippen molar-refractivity contribution in [3.05, 3.63) is 84.7 Å². The van der Waals surface area contributed by atoms with Gasteiger partial charge in [0.1, 0.15) is 5.75 Å². The van der Waals surface area contributed by atoms with Gasteiger partial charge in [0.2, 0.25) is 5.91 Å². The fraction of sp³-hybridized carbons (Fsp3) is 0.200. The molecule has 8 heteroatoms. The molecule has 0 aliphatic carbocycles. The zero-order valence-electron chi connectivity index (χ0n) is 18.5. The number of thioether (sulfide) groups is 1. The molecule has 7 nitrogen and oxygen atoms in total. The Balaban J connectivity index is 1.52. The van der Waals surface area contributed by atoms with Gasteiger partial charge in [-0.1, -0.05) is 42.1 Å². The molecule has 1 N–H and O–H groups in total. The second kappa shape index (κ2) is 10.8. The van der Waals surface area contributed by atoms with Crippen molar-refractivity contribution in [2.45, 2.75) is 30.8 Å². The first-order valence-electron chi connectivity index (χ1n) is 10.7. The number of aromatic nitrogens is 4. The Labute approximate surface area is 197 Å². The number of nitrogens with one attached hydrogen (secondary N) is 1. The van der Waals surface area contributed by atoms with Gasteiger partial charge >= 0.3 is 0 Å². The van der Waals surface area contributed by atoms with Gasteiger partial charge in [-0.05, 0) is 55.8 Å².